The van der Waals surface area contributed by atoms with Crippen molar-refractivity contribution in [3.8, 4) is 0 Å². The highest BCUT2D eigenvalue weighted by Gasteiger charge is 2.32. The van der Waals surface area contributed by atoms with E-state index in [9.17, 15) is 9.90 Å². The Bertz CT molecular complexity index is 760. The summed E-state index contributed by atoms with van der Waals surface area (Å²) < 4.78 is 0. The van der Waals surface area contributed by atoms with Crippen molar-refractivity contribution < 1.29 is 9.90 Å². The number of benzene rings is 1. The molecule has 2 rings (SSSR count). The summed E-state index contributed by atoms with van der Waals surface area (Å²) in [5.74, 6) is -0.874. The number of hydrogen-bond donors (Lipinski definition) is 1. The average Bonchev–Trinajstić information content (AvgIpc) is 2.56. The summed E-state index contributed by atoms with van der Waals surface area (Å²) in [6.45, 7) is 15.1. The van der Waals surface area contributed by atoms with E-state index >= 15 is 0 Å². The molecular weight excluding hydrogens is 308 g/mol. The van der Waals surface area contributed by atoms with Gasteiger partial charge in [0.05, 0.1) is 5.56 Å². The van der Waals surface area contributed by atoms with Crippen LogP contribution in [0.2, 0.25) is 0 Å². The number of carboxylic acids is 1. The van der Waals surface area contributed by atoms with Gasteiger partial charge in [0, 0.05) is 0 Å². The van der Waals surface area contributed by atoms with Crippen LogP contribution in [0.5, 0.6) is 0 Å². The lowest BCUT2D eigenvalue weighted by Crippen LogP contribution is -2.22. The highest BCUT2D eigenvalue weighted by Crippen LogP contribution is 2.48. The fraction of sp³-hybridized carbons (Fsp3) is 0.435. The van der Waals surface area contributed by atoms with E-state index in [0.717, 1.165) is 29.5 Å². The van der Waals surface area contributed by atoms with Crippen molar-refractivity contribution in [3.63, 3.8) is 0 Å². The van der Waals surface area contributed by atoms with Gasteiger partial charge in [0.25, 0.3) is 0 Å². The highest BCUT2D eigenvalue weighted by molar-refractivity contribution is 5.91. The van der Waals surface area contributed by atoms with E-state index < -0.39 is 5.97 Å². The van der Waals surface area contributed by atoms with Gasteiger partial charge in [-0.25, -0.2) is 4.79 Å². The molecule has 0 amide bonds. The highest BCUT2D eigenvalue weighted by atomic mass is 16.4. The molecule has 0 fully saturated rings. The molecule has 0 spiro atoms. The van der Waals surface area contributed by atoms with Gasteiger partial charge in [-0.2, -0.15) is 0 Å². The molecule has 0 saturated heterocycles. The number of rotatable bonds is 5. The van der Waals surface area contributed by atoms with E-state index in [2.05, 4.69) is 41.2 Å². The third-order valence-corrected chi connectivity index (χ3v) is 5.41. The molecule has 0 heterocycles. The van der Waals surface area contributed by atoms with Crippen LogP contribution in [0.3, 0.4) is 0 Å². The van der Waals surface area contributed by atoms with Gasteiger partial charge in [-0.1, -0.05) is 45.1 Å². The fourth-order valence-electron chi connectivity index (χ4n) is 4.08. The lowest BCUT2D eigenvalue weighted by molar-refractivity contribution is 0.0696. The van der Waals surface area contributed by atoms with E-state index in [1.165, 1.54) is 29.6 Å². The lowest BCUT2D eigenvalue weighted by atomic mass is 9.67. The van der Waals surface area contributed by atoms with Crippen molar-refractivity contribution in [1.29, 1.82) is 0 Å². The summed E-state index contributed by atoms with van der Waals surface area (Å²) in [4.78, 5) is 11.4. The zero-order valence-corrected chi connectivity index (χ0v) is 16.2. The van der Waals surface area contributed by atoms with Crippen LogP contribution in [0.1, 0.15) is 75.4 Å². The summed E-state index contributed by atoms with van der Waals surface area (Å²) in [7, 11) is 0. The Morgan fingerprint density at radius 1 is 1.36 bits per heavy atom. The van der Waals surface area contributed by atoms with E-state index in [0.29, 0.717) is 5.56 Å². The first kappa shape index (κ1) is 19.2. The van der Waals surface area contributed by atoms with Crippen molar-refractivity contribution in [2.24, 2.45) is 5.41 Å². The first-order valence-corrected chi connectivity index (χ1v) is 9.13. The van der Waals surface area contributed by atoms with Crippen LogP contribution in [-0.4, -0.2) is 11.1 Å². The largest absolute Gasteiger partial charge is 0.478 e. The van der Waals surface area contributed by atoms with E-state index in [1.807, 2.05) is 18.2 Å². The van der Waals surface area contributed by atoms with Gasteiger partial charge in [0.2, 0.25) is 0 Å². The van der Waals surface area contributed by atoms with Crippen LogP contribution in [0.25, 0.3) is 5.57 Å². The smallest absolute Gasteiger partial charge is 0.335 e. The molecule has 1 aromatic carbocycles. The molecule has 1 aliphatic rings. The molecular formula is C23H30O2. The van der Waals surface area contributed by atoms with Crippen LogP contribution in [0, 0.1) is 5.41 Å². The van der Waals surface area contributed by atoms with Gasteiger partial charge in [-0.3, -0.25) is 0 Å². The predicted molar refractivity (Wildman–Crippen MR) is 106 cm³/mol. The Kier molecular flexibility index (Phi) is 5.72. The number of aryl methyl sites for hydroxylation is 1. The van der Waals surface area contributed by atoms with Gasteiger partial charge >= 0.3 is 5.97 Å². The summed E-state index contributed by atoms with van der Waals surface area (Å²) in [5.41, 5.74) is 7.94. The molecule has 134 valence electrons. The molecule has 0 aromatic heterocycles. The van der Waals surface area contributed by atoms with Crippen molar-refractivity contribution in [2.75, 3.05) is 0 Å². The third kappa shape index (κ3) is 3.78. The quantitative estimate of drug-likeness (QED) is 0.628. The molecule has 1 aliphatic carbocycles. The molecule has 1 aromatic rings. The normalized spacial score (nSPS) is 18.0. The molecule has 0 unspecified atom stereocenters. The minimum Gasteiger partial charge on any atom is -0.478 e. The van der Waals surface area contributed by atoms with E-state index in [-0.39, 0.29) is 5.41 Å². The second-order valence-electron chi connectivity index (χ2n) is 7.69. The third-order valence-electron chi connectivity index (χ3n) is 5.41. The van der Waals surface area contributed by atoms with Gasteiger partial charge in [0.15, 0.2) is 0 Å². The molecule has 2 nitrogen and oxygen atoms in total. The topological polar surface area (TPSA) is 37.3 Å². The molecule has 2 heteroatoms. The van der Waals surface area contributed by atoms with Gasteiger partial charge in [-0.05, 0) is 84.9 Å². The number of carbonyl (C=O) groups is 1. The first-order chi connectivity index (χ1) is 11.7. The maximum atomic E-state index is 11.4. The first-order valence-electron chi connectivity index (χ1n) is 9.13. The monoisotopic (exact) mass is 338 g/mol. The zero-order valence-electron chi connectivity index (χ0n) is 16.2. The van der Waals surface area contributed by atoms with Crippen molar-refractivity contribution >= 4 is 11.5 Å². The average molecular weight is 338 g/mol. The van der Waals surface area contributed by atoms with Crippen LogP contribution < -0.4 is 0 Å². The summed E-state index contributed by atoms with van der Waals surface area (Å²) in [5, 5.41) is 9.33. The molecule has 0 atom stereocenters. The number of carboxylic acid groups (broad SMARTS) is 1. The predicted octanol–water partition coefficient (Wildman–Crippen LogP) is 6.43. The molecule has 0 saturated carbocycles. The Morgan fingerprint density at radius 2 is 2.04 bits per heavy atom. The van der Waals surface area contributed by atoms with Gasteiger partial charge < -0.3 is 5.11 Å². The van der Waals surface area contributed by atoms with Crippen molar-refractivity contribution in [1.82, 2.24) is 0 Å². The van der Waals surface area contributed by atoms with Crippen LogP contribution in [0.15, 0.2) is 47.6 Å². The Labute approximate surface area is 152 Å². The zero-order chi connectivity index (χ0) is 18.8. The summed E-state index contributed by atoms with van der Waals surface area (Å²) in [6, 6.07) is 5.52. The molecule has 25 heavy (non-hydrogen) atoms. The standard InChI is InChI=1S/C23H30O2/c1-7-15(3)20(21-16(4)10-9-13-23(21,5)6)19-12-11-18(22(24)25)14-17(19)8-2/h7,11-12,14H,1,8-10,13H2,2-6H3,(H,24,25)/b20-15+. The SMILES string of the molecule is C=C/C(C)=C(/C1=C(C)CCCC1(C)C)c1ccc(C(=O)O)cc1CC. The van der Waals surface area contributed by atoms with E-state index in [4.69, 9.17) is 0 Å². The Hall–Kier alpha value is -2.09. The van der Waals surface area contributed by atoms with E-state index in [1.54, 1.807) is 6.07 Å². The number of allylic oxidation sites excluding steroid dienone is 5. The Morgan fingerprint density at radius 3 is 2.56 bits per heavy atom. The lowest BCUT2D eigenvalue weighted by Gasteiger charge is -2.37. The maximum absolute atomic E-state index is 11.4. The van der Waals surface area contributed by atoms with Gasteiger partial charge in [-0.15, -0.1) is 0 Å². The molecule has 0 bridgehead atoms. The number of aromatic carboxylic acids is 1. The van der Waals surface area contributed by atoms with Crippen LogP contribution in [-0.2, 0) is 6.42 Å². The minimum atomic E-state index is -0.874. The number of hydrogen-bond acceptors (Lipinski definition) is 1. The Balaban J connectivity index is 2.78. The second-order valence-corrected chi connectivity index (χ2v) is 7.69. The fourth-order valence-corrected chi connectivity index (χ4v) is 4.08. The van der Waals surface area contributed by atoms with Crippen LogP contribution in [0.4, 0.5) is 0 Å². The maximum Gasteiger partial charge on any atom is 0.335 e. The molecule has 0 aliphatic heterocycles. The van der Waals surface area contributed by atoms with Crippen LogP contribution >= 0.6 is 0 Å². The van der Waals surface area contributed by atoms with Crippen molar-refractivity contribution in [2.45, 2.75) is 60.3 Å². The van der Waals surface area contributed by atoms with Gasteiger partial charge in [0.1, 0.15) is 0 Å². The molecule has 1 N–H and O–H groups in total. The minimum absolute atomic E-state index is 0.110. The summed E-state index contributed by atoms with van der Waals surface area (Å²) in [6.07, 6.45) is 6.24. The molecule has 0 radical (unpaired) electrons. The summed E-state index contributed by atoms with van der Waals surface area (Å²) >= 11 is 0. The van der Waals surface area contributed by atoms with Crippen molar-refractivity contribution in [3.05, 3.63) is 64.3 Å². The second kappa shape index (κ2) is 7.43.